The topological polar surface area (TPSA) is 122 Å². The lowest BCUT2D eigenvalue weighted by Gasteiger charge is -2.11. The summed E-state index contributed by atoms with van der Waals surface area (Å²) in [5.41, 5.74) is 12.0. The van der Waals surface area contributed by atoms with Crippen LogP contribution in [0.4, 0.5) is 27.9 Å². The Kier molecular flexibility index (Phi) is 7.10. The van der Waals surface area contributed by atoms with Gasteiger partial charge in [0.2, 0.25) is 0 Å². The third kappa shape index (κ3) is 5.69. The number of aromatic nitrogens is 2. The second-order valence-corrected chi connectivity index (χ2v) is 9.37. The fraction of sp³-hybridized carbons (Fsp3) is 0.0345. The summed E-state index contributed by atoms with van der Waals surface area (Å²) in [4.78, 5) is 34.2. The van der Waals surface area contributed by atoms with Crippen molar-refractivity contribution in [2.45, 2.75) is 6.92 Å². The quantitative estimate of drug-likeness (QED) is 0.186. The number of thiazole rings is 1. The summed E-state index contributed by atoms with van der Waals surface area (Å²) in [5.74, 6) is -0.592. The molecule has 0 spiro atoms. The van der Waals surface area contributed by atoms with E-state index in [-0.39, 0.29) is 11.8 Å². The first kappa shape index (κ1) is 24.7. The maximum Gasteiger partial charge on any atom is 0.255 e. The van der Waals surface area contributed by atoms with Crippen molar-refractivity contribution >= 4 is 51.0 Å². The van der Waals surface area contributed by atoms with Gasteiger partial charge in [-0.2, -0.15) is 0 Å². The molecule has 0 saturated carbocycles. The molecule has 0 fully saturated rings. The zero-order valence-corrected chi connectivity index (χ0v) is 21.3. The Bertz CT molecular complexity index is 1600. The Hall–Kier alpha value is -5.02. The predicted octanol–water partition coefficient (Wildman–Crippen LogP) is 6.34. The van der Waals surface area contributed by atoms with Crippen LogP contribution in [0.3, 0.4) is 0 Å². The van der Waals surface area contributed by atoms with Gasteiger partial charge in [0, 0.05) is 45.8 Å². The molecule has 5 rings (SSSR count). The molecule has 188 valence electrons. The van der Waals surface area contributed by atoms with Gasteiger partial charge in [-0.1, -0.05) is 18.2 Å². The number of nitrogens with two attached hydrogens (primary N) is 1. The molecule has 0 saturated heterocycles. The van der Waals surface area contributed by atoms with Crippen LogP contribution in [0, 0.1) is 6.92 Å². The maximum atomic E-state index is 12.9. The van der Waals surface area contributed by atoms with Gasteiger partial charge in [-0.3, -0.25) is 14.6 Å². The molecule has 8 nitrogen and oxygen atoms in total. The molecule has 2 amide bonds. The SMILES string of the molecule is Cc1ccc(NC(=O)c2ccc(C(=O)Nc3ccccc3N)cc2)cc1Nc1nc(-c2cccnc2)cs1. The molecule has 38 heavy (non-hydrogen) atoms. The highest BCUT2D eigenvalue weighted by molar-refractivity contribution is 7.14. The number of nitrogens with zero attached hydrogens (tertiary/aromatic N) is 2. The lowest BCUT2D eigenvalue weighted by Crippen LogP contribution is -2.15. The smallest absolute Gasteiger partial charge is 0.255 e. The van der Waals surface area contributed by atoms with Crippen molar-refractivity contribution in [3.05, 3.63) is 113 Å². The molecule has 5 aromatic rings. The minimum absolute atomic E-state index is 0.285. The van der Waals surface area contributed by atoms with Crippen LogP contribution in [0.15, 0.2) is 96.6 Å². The molecular weight excluding hydrogens is 496 g/mol. The Morgan fingerprint density at radius 2 is 1.58 bits per heavy atom. The fourth-order valence-electron chi connectivity index (χ4n) is 3.71. The van der Waals surface area contributed by atoms with Crippen LogP contribution in [0.2, 0.25) is 0 Å². The number of hydrogen-bond acceptors (Lipinski definition) is 7. The molecule has 2 aromatic heterocycles. The number of carbonyl (C=O) groups is 2. The van der Waals surface area contributed by atoms with E-state index in [1.807, 2.05) is 42.6 Å². The van der Waals surface area contributed by atoms with Crippen molar-refractivity contribution in [2.75, 3.05) is 21.7 Å². The fourth-order valence-corrected chi connectivity index (χ4v) is 4.44. The van der Waals surface area contributed by atoms with E-state index in [2.05, 4.69) is 25.9 Å². The largest absolute Gasteiger partial charge is 0.397 e. The van der Waals surface area contributed by atoms with Crippen LogP contribution < -0.4 is 21.7 Å². The average Bonchev–Trinajstić information content (AvgIpc) is 3.41. The number of para-hydroxylation sites is 2. The number of pyridine rings is 1. The zero-order valence-electron chi connectivity index (χ0n) is 20.4. The Balaban J connectivity index is 1.24. The van der Waals surface area contributed by atoms with Crippen LogP contribution in [-0.2, 0) is 0 Å². The molecule has 0 aliphatic heterocycles. The average molecular weight is 521 g/mol. The van der Waals surface area contributed by atoms with E-state index in [4.69, 9.17) is 5.73 Å². The van der Waals surface area contributed by atoms with Crippen LogP contribution in [-0.4, -0.2) is 21.8 Å². The minimum atomic E-state index is -0.307. The van der Waals surface area contributed by atoms with Gasteiger partial charge in [-0.15, -0.1) is 11.3 Å². The van der Waals surface area contributed by atoms with Crippen molar-refractivity contribution < 1.29 is 9.59 Å². The van der Waals surface area contributed by atoms with Crippen molar-refractivity contribution in [3.8, 4) is 11.3 Å². The van der Waals surface area contributed by atoms with Gasteiger partial charge in [-0.05, 0) is 73.2 Å². The number of rotatable bonds is 7. The molecule has 3 aromatic carbocycles. The monoisotopic (exact) mass is 520 g/mol. The number of benzene rings is 3. The Morgan fingerprint density at radius 3 is 2.29 bits per heavy atom. The van der Waals surface area contributed by atoms with Crippen LogP contribution >= 0.6 is 11.3 Å². The number of carbonyl (C=O) groups excluding carboxylic acids is 2. The predicted molar refractivity (Wildman–Crippen MR) is 153 cm³/mol. The molecule has 0 radical (unpaired) electrons. The molecule has 0 aliphatic carbocycles. The van der Waals surface area contributed by atoms with Crippen LogP contribution in [0.1, 0.15) is 26.3 Å². The maximum absolute atomic E-state index is 12.9. The van der Waals surface area contributed by atoms with Gasteiger partial charge in [0.05, 0.1) is 17.1 Å². The summed E-state index contributed by atoms with van der Waals surface area (Å²) in [6.07, 6.45) is 3.50. The standard InChI is InChI=1S/C29H24N6O2S/c1-18-8-13-22(15-25(18)34-29-35-26(17-38-29)21-5-4-14-31-16-21)32-27(36)19-9-11-20(12-10-19)28(37)33-24-7-3-2-6-23(24)30/h2-17H,30H2,1H3,(H,32,36)(H,33,37)(H,34,35). The van der Waals surface area contributed by atoms with Crippen molar-refractivity contribution in [1.82, 2.24) is 9.97 Å². The van der Waals surface area contributed by atoms with Crippen molar-refractivity contribution in [3.63, 3.8) is 0 Å². The summed E-state index contributed by atoms with van der Waals surface area (Å²) in [7, 11) is 0. The lowest BCUT2D eigenvalue weighted by molar-refractivity contribution is 0.101. The summed E-state index contributed by atoms with van der Waals surface area (Å²) in [5, 5.41) is 11.7. The summed E-state index contributed by atoms with van der Waals surface area (Å²) < 4.78 is 0. The highest BCUT2D eigenvalue weighted by Gasteiger charge is 2.12. The second kappa shape index (κ2) is 10.9. The second-order valence-electron chi connectivity index (χ2n) is 8.51. The van der Waals surface area contributed by atoms with E-state index in [1.165, 1.54) is 11.3 Å². The molecule has 2 heterocycles. The van der Waals surface area contributed by atoms with E-state index < -0.39 is 0 Å². The Labute approximate surface area is 223 Å². The summed E-state index contributed by atoms with van der Waals surface area (Å²) in [6, 6.07) is 22.9. The van der Waals surface area contributed by atoms with Gasteiger partial charge in [0.15, 0.2) is 5.13 Å². The van der Waals surface area contributed by atoms with Gasteiger partial charge in [-0.25, -0.2) is 4.98 Å². The highest BCUT2D eigenvalue weighted by atomic mass is 32.1. The lowest BCUT2D eigenvalue weighted by atomic mass is 10.1. The number of nitrogens with one attached hydrogen (secondary N) is 3. The molecule has 0 bridgehead atoms. The van der Waals surface area contributed by atoms with E-state index in [1.54, 1.807) is 60.9 Å². The third-order valence-corrected chi connectivity index (χ3v) is 6.57. The minimum Gasteiger partial charge on any atom is -0.397 e. The van der Waals surface area contributed by atoms with Gasteiger partial charge in [0.1, 0.15) is 0 Å². The molecule has 9 heteroatoms. The normalized spacial score (nSPS) is 10.6. The molecule has 5 N–H and O–H groups in total. The van der Waals surface area contributed by atoms with Gasteiger partial charge in [0.25, 0.3) is 11.8 Å². The van der Waals surface area contributed by atoms with E-state index in [9.17, 15) is 9.59 Å². The number of nitrogen functional groups attached to an aromatic ring is 1. The zero-order chi connectivity index (χ0) is 26.5. The van der Waals surface area contributed by atoms with Crippen molar-refractivity contribution in [1.29, 1.82) is 0 Å². The molecule has 0 unspecified atom stereocenters. The van der Waals surface area contributed by atoms with E-state index >= 15 is 0 Å². The number of anilines is 5. The van der Waals surface area contributed by atoms with Crippen LogP contribution in [0.25, 0.3) is 11.3 Å². The number of amides is 2. The molecule has 0 atom stereocenters. The van der Waals surface area contributed by atoms with Gasteiger partial charge >= 0.3 is 0 Å². The number of aryl methyl sites for hydroxylation is 1. The first-order chi connectivity index (χ1) is 18.5. The number of hydrogen-bond donors (Lipinski definition) is 4. The van der Waals surface area contributed by atoms with E-state index in [0.717, 1.165) is 27.6 Å². The summed E-state index contributed by atoms with van der Waals surface area (Å²) in [6.45, 7) is 1.98. The van der Waals surface area contributed by atoms with Crippen LogP contribution in [0.5, 0.6) is 0 Å². The highest BCUT2D eigenvalue weighted by Crippen LogP contribution is 2.29. The molecule has 0 aliphatic rings. The van der Waals surface area contributed by atoms with E-state index in [0.29, 0.717) is 28.2 Å². The first-order valence-corrected chi connectivity index (χ1v) is 12.6. The Morgan fingerprint density at radius 1 is 0.842 bits per heavy atom. The first-order valence-electron chi connectivity index (χ1n) is 11.8. The summed E-state index contributed by atoms with van der Waals surface area (Å²) >= 11 is 1.49. The van der Waals surface area contributed by atoms with Crippen molar-refractivity contribution in [2.24, 2.45) is 0 Å². The molecular formula is C29H24N6O2S. The van der Waals surface area contributed by atoms with Gasteiger partial charge < -0.3 is 21.7 Å². The third-order valence-electron chi connectivity index (χ3n) is 5.82.